The summed E-state index contributed by atoms with van der Waals surface area (Å²) in [6.07, 6.45) is 13.9. The van der Waals surface area contributed by atoms with Gasteiger partial charge in [0.1, 0.15) is 5.82 Å². The summed E-state index contributed by atoms with van der Waals surface area (Å²) in [6.45, 7) is 7.01. The van der Waals surface area contributed by atoms with Gasteiger partial charge in [0, 0.05) is 56.0 Å². The number of aromatic nitrogens is 2. The molecule has 2 aliphatic rings. The molecule has 1 N–H and O–H groups in total. The van der Waals surface area contributed by atoms with E-state index in [0.717, 1.165) is 51.9 Å². The molecule has 1 saturated carbocycles. The van der Waals surface area contributed by atoms with E-state index in [0.29, 0.717) is 0 Å². The van der Waals surface area contributed by atoms with Gasteiger partial charge in [-0.25, -0.2) is 9.97 Å². The summed E-state index contributed by atoms with van der Waals surface area (Å²) in [5.74, 6) is 2.35. The Morgan fingerprint density at radius 2 is 2.13 bits per heavy atom. The van der Waals surface area contributed by atoms with Crippen LogP contribution in [0.2, 0.25) is 0 Å². The molecule has 31 heavy (non-hydrogen) atoms. The minimum Gasteiger partial charge on any atom is -0.383 e. The van der Waals surface area contributed by atoms with Gasteiger partial charge in [-0.1, -0.05) is 43.4 Å². The molecule has 4 rings (SSSR count). The molecule has 0 spiro atoms. The lowest BCUT2D eigenvalue weighted by molar-refractivity contribution is 0.333. The predicted octanol–water partition coefficient (Wildman–Crippen LogP) is 5.30. The molecule has 1 unspecified atom stereocenters. The van der Waals surface area contributed by atoms with Crippen LogP contribution in [-0.4, -0.2) is 47.8 Å². The van der Waals surface area contributed by atoms with Gasteiger partial charge in [0.05, 0.1) is 6.04 Å². The molecular formula is C26H31N5. The number of anilines is 1. The zero-order valence-corrected chi connectivity index (χ0v) is 18.7. The van der Waals surface area contributed by atoms with Crippen molar-refractivity contribution in [1.29, 1.82) is 0 Å². The van der Waals surface area contributed by atoms with Gasteiger partial charge in [0.2, 0.25) is 0 Å². The van der Waals surface area contributed by atoms with Gasteiger partial charge >= 0.3 is 0 Å². The normalized spacial score (nSPS) is 18.5. The lowest BCUT2D eigenvalue weighted by atomic mass is 9.85. The molecule has 5 nitrogen and oxygen atoms in total. The first kappa shape index (κ1) is 21.0. The van der Waals surface area contributed by atoms with Crippen LogP contribution in [0, 0.1) is 5.92 Å². The number of nitrogens with zero attached hydrogens (tertiary/aromatic N) is 4. The van der Waals surface area contributed by atoms with Gasteiger partial charge in [-0.05, 0) is 42.9 Å². The summed E-state index contributed by atoms with van der Waals surface area (Å²) in [7, 11) is 4.02. The van der Waals surface area contributed by atoms with Crippen LogP contribution < -0.4 is 5.32 Å². The van der Waals surface area contributed by atoms with Gasteiger partial charge in [-0.15, -0.1) is 0 Å². The Morgan fingerprint density at radius 3 is 2.77 bits per heavy atom. The average molecular weight is 414 g/mol. The SMILES string of the molecule is C=C/C(=C\N(C)C)c1cccc(-c2ncc(C3=CC(C)N=C3)c(NCC3CCC3)n2)c1. The Labute approximate surface area is 185 Å². The van der Waals surface area contributed by atoms with E-state index in [-0.39, 0.29) is 6.04 Å². The Kier molecular flexibility index (Phi) is 6.31. The van der Waals surface area contributed by atoms with Gasteiger partial charge in [0.15, 0.2) is 5.82 Å². The van der Waals surface area contributed by atoms with Gasteiger partial charge < -0.3 is 10.2 Å². The zero-order chi connectivity index (χ0) is 21.8. The van der Waals surface area contributed by atoms with E-state index in [4.69, 9.17) is 9.97 Å². The molecule has 2 aromatic rings. The lowest BCUT2D eigenvalue weighted by Gasteiger charge is -2.26. The Bertz CT molecular complexity index is 1040. The number of benzene rings is 1. The van der Waals surface area contributed by atoms with E-state index >= 15 is 0 Å². The second-order valence-corrected chi connectivity index (χ2v) is 8.61. The Morgan fingerprint density at radius 1 is 1.29 bits per heavy atom. The second kappa shape index (κ2) is 9.29. The summed E-state index contributed by atoms with van der Waals surface area (Å²) in [4.78, 5) is 16.2. The third kappa shape index (κ3) is 4.93. The van der Waals surface area contributed by atoms with Crippen molar-refractivity contribution in [2.45, 2.75) is 32.2 Å². The quantitative estimate of drug-likeness (QED) is 0.597. The highest BCUT2D eigenvalue weighted by atomic mass is 15.0. The summed E-state index contributed by atoms with van der Waals surface area (Å²) in [6, 6.07) is 8.52. The molecule has 1 atom stereocenters. The van der Waals surface area contributed by atoms with Crippen molar-refractivity contribution in [1.82, 2.24) is 14.9 Å². The van der Waals surface area contributed by atoms with Crippen LogP contribution in [-0.2, 0) is 0 Å². The van der Waals surface area contributed by atoms with Gasteiger partial charge in [-0.3, -0.25) is 4.99 Å². The first-order valence-corrected chi connectivity index (χ1v) is 11.0. The van der Waals surface area contributed by atoms with Crippen molar-refractivity contribution in [3.8, 4) is 11.4 Å². The number of rotatable bonds is 8. The van der Waals surface area contributed by atoms with E-state index < -0.39 is 0 Å². The number of nitrogens with one attached hydrogen (secondary N) is 1. The number of hydrogen-bond donors (Lipinski definition) is 1. The maximum Gasteiger partial charge on any atom is 0.161 e. The van der Waals surface area contributed by atoms with E-state index in [9.17, 15) is 0 Å². The fourth-order valence-corrected chi connectivity index (χ4v) is 3.87. The van der Waals surface area contributed by atoms with Gasteiger partial charge in [-0.2, -0.15) is 0 Å². The van der Waals surface area contributed by atoms with Crippen LogP contribution >= 0.6 is 0 Å². The van der Waals surface area contributed by atoms with Crippen LogP contribution in [0.4, 0.5) is 5.82 Å². The standard InChI is InChI=1S/C26H31N5/c1-5-20(17-31(3)4)21-10-7-11-22(13-21)25-29-16-24(23-12-18(2)27-15-23)26(30-25)28-14-19-8-6-9-19/h5,7,10-13,15-19H,1,6,8-9,14H2,2-4H3,(H,28,29,30)/b20-17+. The highest BCUT2D eigenvalue weighted by Gasteiger charge is 2.20. The first-order chi connectivity index (χ1) is 15.0. The highest BCUT2D eigenvalue weighted by molar-refractivity contribution is 6.13. The van der Waals surface area contributed by atoms with Crippen molar-refractivity contribution in [3.63, 3.8) is 0 Å². The van der Waals surface area contributed by atoms with E-state index in [1.807, 2.05) is 43.5 Å². The molecule has 1 fully saturated rings. The van der Waals surface area contributed by atoms with Crippen LogP contribution in [0.1, 0.15) is 37.3 Å². The van der Waals surface area contributed by atoms with Gasteiger partial charge in [0.25, 0.3) is 0 Å². The van der Waals surface area contributed by atoms with Crippen molar-refractivity contribution >= 4 is 23.2 Å². The predicted molar refractivity (Wildman–Crippen MR) is 131 cm³/mol. The van der Waals surface area contributed by atoms with E-state index in [2.05, 4.69) is 54.3 Å². The van der Waals surface area contributed by atoms with E-state index in [1.54, 1.807) is 0 Å². The number of aliphatic imine (C=N–C) groups is 1. The summed E-state index contributed by atoms with van der Waals surface area (Å²) in [5.41, 5.74) is 5.26. The summed E-state index contributed by atoms with van der Waals surface area (Å²) in [5, 5.41) is 3.60. The molecule has 160 valence electrons. The topological polar surface area (TPSA) is 53.4 Å². The molecule has 2 heterocycles. The second-order valence-electron chi connectivity index (χ2n) is 8.61. The molecular weight excluding hydrogens is 382 g/mol. The molecule has 1 aromatic heterocycles. The maximum atomic E-state index is 4.95. The third-order valence-corrected chi connectivity index (χ3v) is 5.82. The zero-order valence-electron chi connectivity index (χ0n) is 18.7. The highest BCUT2D eigenvalue weighted by Crippen LogP contribution is 2.30. The minimum absolute atomic E-state index is 0.201. The molecule has 0 amide bonds. The van der Waals surface area contributed by atoms with Crippen LogP contribution in [0.3, 0.4) is 0 Å². The lowest BCUT2D eigenvalue weighted by Crippen LogP contribution is -2.22. The van der Waals surface area contributed by atoms with Crippen molar-refractivity contribution in [2.24, 2.45) is 10.9 Å². The van der Waals surface area contributed by atoms with E-state index in [1.165, 1.54) is 19.3 Å². The monoisotopic (exact) mass is 413 g/mol. The van der Waals surface area contributed by atoms with Crippen LogP contribution in [0.25, 0.3) is 22.5 Å². The summed E-state index contributed by atoms with van der Waals surface area (Å²) >= 11 is 0. The average Bonchev–Trinajstić information content (AvgIpc) is 3.17. The van der Waals surface area contributed by atoms with Crippen molar-refractivity contribution in [2.75, 3.05) is 26.0 Å². The molecule has 0 saturated heterocycles. The van der Waals surface area contributed by atoms with Crippen LogP contribution in [0.5, 0.6) is 0 Å². The molecule has 0 bridgehead atoms. The Balaban J connectivity index is 1.68. The fourth-order valence-electron chi connectivity index (χ4n) is 3.87. The molecule has 1 aromatic carbocycles. The molecule has 1 aliphatic heterocycles. The smallest absolute Gasteiger partial charge is 0.161 e. The number of allylic oxidation sites excluding steroid dienone is 3. The largest absolute Gasteiger partial charge is 0.383 e. The number of hydrogen-bond acceptors (Lipinski definition) is 5. The molecule has 5 heteroatoms. The first-order valence-electron chi connectivity index (χ1n) is 11.0. The third-order valence-electron chi connectivity index (χ3n) is 5.82. The maximum absolute atomic E-state index is 4.95. The molecule has 0 radical (unpaired) electrons. The fraction of sp³-hybridized carbons (Fsp3) is 0.346. The molecule has 1 aliphatic carbocycles. The summed E-state index contributed by atoms with van der Waals surface area (Å²) < 4.78 is 0. The van der Waals surface area contributed by atoms with Crippen molar-refractivity contribution in [3.05, 3.63) is 66.5 Å². The van der Waals surface area contributed by atoms with Crippen molar-refractivity contribution < 1.29 is 0 Å². The minimum atomic E-state index is 0.201. The van der Waals surface area contributed by atoms with Crippen LogP contribution in [0.15, 0.2) is 60.4 Å². The Hall–Kier alpha value is -3.21.